The zero-order valence-electron chi connectivity index (χ0n) is 11.1. The van der Waals surface area contributed by atoms with Gasteiger partial charge in [0, 0.05) is 23.5 Å². The Balaban J connectivity index is 2.08. The highest BCUT2D eigenvalue weighted by molar-refractivity contribution is 7.99. The average Bonchev–Trinajstić information content (AvgIpc) is 2.89. The standard InChI is InChI=1S/C12H16N4O2S/c1-4-16-11(18)14-15-12(16)19-6-10(17)9-5-7(2)13-8(9)3/h5,13H,4,6H2,1-3H3,(H,14,18). The van der Waals surface area contributed by atoms with Crippen LogP contribution in [0.2, 0.25) is 0 Å². The van der Waals surface area contributed by atoms with Gasteiger partial charge in [-0.25, -0.2) is 9.89 Å². The van der Waals surface area contributed by atoms with E-state index in [1.807, 2.05) is 26.8 Å². The lowest BCUT2D eigenvalue weighted by Gasteiger charge is -2.01. The topological polar surface area (TPSA) is 83.5 Å². The van der Waals surface area contributed by atoms with Crippen LogP contribution in [0.3, 0.4) is 0 Å². The van der Waals surface area contributed by atoms with Crippen LogP contribution in [-0.2, 0) is 6.54 Å². The van der Waals surface area contributed by atoms with Gasteiger partial charge in [-0.1, -0.05) is 11.8 Å². The Morgan fingerprint density at radius 3 is 2.79 bits per heavy atom. The number of aromatic nitrogens is 4. The molecule has 2 N–H and O–H groups in total. The first-order valence-corrected chi connectivity index (χ1v) is 6.99. The zero-order chi connectivity index (χ0) is 14.0. The number of aryl methyl sites for hydroxylation is 2. The Labute approximate surface area is 114 Å². The molecule has 0 atom stereocenters. The summed E-state index contributed by atoms with van der Waals surface area (Å²) in [6, 6.07) is 1.84. The van der Waals surface area contributed by atoms with Gasteiger partial charge in [-0.05, 0) is 26.8 Å². The number of carbonyl (C=O) groups excluding carboxylic acids is 1. The third-order valence-electron chi connectivity index (χ3n) is 2.82. The number of thioether (sulfide) groups is 1. The van der Waals surface area contributed by atoms with Crippen molar-refractivity contribution in [3.05, 3.63) is 33.5 Å². The van der Waals surface area contributed by atoms with Gasteiger partial charge >= 0.3 is 5.69 Å². The lowest BCUT2D eigenvalue weighted by Crippen LogP contribution is -2.16. The number of nitrogens with one attached hydrogen (secondary N) is 2. The van der Waals surface area contributed by atoms with Gasteiger partial charge in [0.2, 0.25) is 0 Å². The van der Waals surface area contributed by atoms with E-state index in [1.165, 1.54) is 16.3 Å². The summed E-state index contributed by atoms with van der Waals surface area (Å²) in [4.78, 5) is 26.6. The third-order valence-corrected chi connectivity index (χ3v) is 3.80. The van der Waals surface area contributed by atoms with E-state index in [-0.39, 0.29) is 17.2 Å². The van der Waals surface area contributed by atoms with E-state index in [2.05, 4.69) is 15.2 Å². The molecule has 0 saturated carbocycles. The monoisotopic (exact) mass is 280 g/mol. The molecule has 2 aromatic rings. The summed E-state index contributed by atoms with van der Waals surface area (Å²) >= 11 is 1.27. The molecule has 0 saturated heterocycles. The second kappa shape index (κ2) is 5.48. The number of Topliss-reactive ketones (excluding diaryl/α,β-unsaturated/α-hetero) is 1. The molecule has 0 unspecified atom stereocenters. The molecule has 0 aliphatic rings. The van der Waals surface area contributed by atoms with Gasteiger partial charge in [-0.3, -0.25) is 9.36 Å². The number of nitrogens with zero attached hydrogens (tertiary/aromatic N) is 2. The first kappa shape index (κ1) is 13.7. The summed E-state index contributed by atoms with van der Waals surface area (Å²) in [5.74, 6) is 0.299. The molecule has 0 radical (unpaired) electrons. The van der Waals surface area contributed by atoms with Gasteiger partial charge in [-0.15, -0.1) is 5.10 Å². The highest BCUT2D eigenvalue weighted by Crippen LogP contribution is 2.17. The first-order valence-electron chi connectivity index (χ1n) is 6.00. The van der Waals surface area contributed by atoms with Crippen LogP contribution < -0.4 is 5.69 Å². The maximum atomic E-state index is 12.1. The van der Waals surface area contributed by atoms with Gasteiger partial charge in [0.25, 0.3) is 0 Å². The molecule has 0 aromatic carbocycles. The second-order valence-electron chi connectivity index (χ2n) is 4.26. The molecule has 0 fully saturated rings. The van der Waals surface area contributed by atoms with Crippen molar-refractivity contribution in [1.29, 1.82) is 0 Å². The van der Waals surface area contributed by atoms with Gasteiger partial charge in [0.05, 0.1) is 5.75 Å². The summed E-state index contributed by atoms with van der Waals surface area (Å²) in [5.41, 5.74) is 2.30. The largest absolute Gasteiger partial charge is 0.362 e. The molecular formula is C12H16N4O2S. The second-order valence-corrected chi connectivity index (χ2v) is 5.20. The third kappa shape index (κ3) is 2.81. The lowest BCUT2D eigenvalue weighted by molar-refractivity contribution is 0.102. The fraction of sp³-hybridized carbons (Fsp3) is 0.417. The van der Waals surface area contributed by atoms with Crippen LogP contribution in [0.15, 0.2) is 16.0 Å². The van der Waals surface area contributed by atoms with Crippen molar-refractivity contribution in [3.63, 3.8) is 0 Å². The Bertz CT molecular complexity index is 653. The molecule has 0 spiro atoms. The number of ketones is 1. The van der Waals surface area contributed by atoms with Crippen molar-refractivity contribution < 1.29 is 4.79 Å². The van der Waals surface area contributed by atoms with E-state index in [4.69, 9.17) is 0 Å². The number of carbonyl (C=O) groups is 1. The molecule has 0 amide bonds. The SMILES string of the molecule is CCn1c(SCC(=O)c2cc(C)[nH]c2C)n[nH]c1=O. The predicted octanol–water partition coefficient (Wildman–Crippen LogP) is 1.51. The van der Waals surface area contributed by atoms with E-state index in [1.54, 1.807) is 0 Å². The predicted molar refractivity (Wildman–Crippen MR) is 73.8 cm³/mol. The van der Waals surface area contributed by atoms with Gasteiger partial charge in [0.1, 0.15) is 0 Å². The number of hydrogen-bond acceptors (Lipinski definition) is 4. The number of hydrogen-bond donors (Lipinski definition) is 2. The highest BCUT2D eigenvalue weighted by Gasteiger charge is 2.14. The fourth-order valence-corrected chi connectivity index (χ4v) is 2.81. The van der Waals surface area contributed by atoms with Crippen LogP contribution in [-0.4, -0.2) is 31.3 Å². The highest BCUT2D eigenvalue weighted by atomic mass is 32.2. The summed E-state index contributed by atoms with van der Waals surface area (Å²) in [7, 11) is 0. The summed E-state index contributed by atoms with van der Waals surface area (Å²) in [6.07, 6.45) is 0. The van der Waals surface area contributed by atoms with E-state index in [0.29, 0.717) is 17.3 Å². The Morgan fingerprint density at radius 2 is 2.21 bits per heavy atom. The van der Waals surface area contributed by atoms with Crippen molar-refractivity contribution in [2.45, 2.75) is 32.5 Å². The lowest BCUT2D eigenvalue weighted by atomic mass is 10.2. The van der Waals surface area contributed by atoms with E-state index in [9.17, 15) is 9.59 Å². The van der Waals surface area contributed by atoms with Crippen LogP contribution in [0.4, 0.5) is 0 Å². The first-order chi connectivity index (χ1) is 9.02. The minimum absolute atomic E-state index is 0.0324. The molecular weight excluding hydrogens is 264 g/mol. The quantitative estimate of drug-likeness (QED) is 0.642. The van der Waals surface area contributed by atoms with E-state index >= 15 is 0 Å². The number of rotatable bonds is 5. The normalized spacial score (nSPS) is 10.9. The summed E-state index contributed by atoms with van der Waals surface area (Å²) in [5, 5.41) is 6.84. The molecule has 7 heteroatoms. The Hall–Kier alpha value is -1.76. The molecule has 19 heavy (non-hydrogen) atoms. The number of H-pyrrole nitrogens is 2. The van der Waals surface area contributed by atoms with Crippen LogP contribution in [0.1, 0.15) is 28.7 Å². The molecule has 2 heterocycles. The van der Waals surface area contributed by atoms with Crippen LogP contribution in [0.25, 0.3) is 0 Å². The number of aromatic amines is 2. The molecule has 0 bridgehead atoms. The van der Waals surface area contributed by atoms with Crippen LogP contribution >= 0.6 is 11.8 Å². The maximum absolute atomic E-state index is 12.1. The zero-order valence-corrected chi connectivity index (χ0v) is 11.9. The maximum Gasteiger partial charge on any atom is 0.343 e. The van der Waals surface area contributed by atoms with Gasteiger partial charge in [-0.2, -0.15) is 0 Å². The molecule has 6 nitrogen and oxygen atoms in total. The van der Waals surface area contributed by atoms with Crippen molar-refractivity contribution in [2.75, 3.05) is 5.75 Å². The molecule has 2 aromatic heterocycles. The molecule has 0 aliphatic heterocycles. The molecule has 2 rings (SSSR count). The van der Waals surface area contributed by atoms with E-state index < -0.39 is 0 Å². The van der Waals surface area contributed by atoms with Gasteiger partial charge < -0.3 is 4.98 Å². The van der Waals surface area contributed by atoms with Crippen LogP contribution in [0.5, 0.6) is 0 Å². The van der Waals surface area contributed by atoms with Crippen molar-refractivity contribution >= 4 is 17.5 Å². The fourth-order valence-electron chi connectivity index (χ4n) is 1.91. The average molecular weight is 280 g/mol. The van der Waals surface area contributed by atoms with Crippen LogP contribution in [0, 0.1) is 13.8 Å². The smallest absolute Gasteiger partial charge is 0.343 e. The Morgan fingerprint density at radius 1 is 1.47 bits per heavy atom. The minimum Gasteiger partial charge on any atom is -0.362 e. The van der Waals surface area contributed by atoms with Crippen molar-refractivity contribution in [3.8, 4) is 0 Å². The van der Waals surface area contributed by atoms with E-state index in [0.717, 1.165) is 11.4 Å². The van der Waals surface area contributed by atoms with Gasteiger partial charge in [0.15, 0.2) is 10.9 Å². The molecule has 102 valence electrons. The van der Waals surface area contributed by atoms with Crippen molar-refractivity contribution in [1.82, 2.24) is 19.7 Å². The Kier molecular flexibility index (Phi) is 3.94. The summed E-state index contributed by atoms with van der Waals surface area (Å²) in [6.45, 7) is 6.19. The summed E-state index contributed by atoms with van der Waals surface area (Å²) < 4.78 is 1.51. The molecule has 0 aliphatic carbocycles. The minimum atomic E-state index is -0.244. The van der Waals surface area contributed by atoms with Crippen molar-refractivity contribution in [2.24, 2.45) is 0 Å².